The molecule has 3 aliphatic heterocycles. The maximum absolute atomic E-state index is 14.2. The molecule has 4 aliphatic rings. The van der Waals surface area contributed by atoms with Gasteiger partial charge in [-0.2, -0.15) is 0 Å². The Morgan fingerprint density at radius 3 is 2.49 bits per heavy atom. The number of likely N-dealkylation sites (N-methyl/N-ethyl adjacent to an activating group) is 1. The molecule has 1 unspecified atom stereocenters. The molecule has 5 rings (SSSR count). The normalized spacial score (nSPS) is 26.9. The van der Waals surface area contributed by atoms with Crippen LogP contribution in [0.3, 0.4) is 0 Å². The Morgan fingerprint density at radius 2 is 1.79 bits per heavy atom. The first-order valence-corrected chi connectivity index (χ1v) is 15.7. The predicted octanol–water partition coefficient (Wildman–Crippen LogP) is 3.66. The van der Waals surface area contributed by atoms with E-state index in [9.17, 15) is 19.2 Å². The Labute approximate surface area is 254 Å². The highest BCUT2D eigenvalue weighted by molar-refractivity contribution is 5.95. The fourth-order valence-electron chi connectivity index (χ4n) is 7.25. The van der Waals surface area contributed by atoms with Crippen molar-refractivity contribution in [3.8, 4) is 5.75 Å². The number of fused-ring (bicyclic) bond motifs is 2. The summed E-state index contributed by atoms with van der Waals surface area (Å²) in [6.07, 6.45) is 4.38. The van der Waals surface area contributed by atoms with Crippen molar-refractivity contribution in [1.82, 2.24) is 20.4 Å². The Kier molecular flexibility index (Phi) is 8.92. The van der Waals surface area contributed by atoms with E-state index in [4.69, 9.17) is 14.2 Å². The van der Waals surface area contributed by atoms with Crippen molar-refractivity contribution in [2.75, 3.05) is 20.3 Å². The zero-order valence-corrected chi connectivity index (χ0v) is 26.0. The van der Waals surface area contributed by atoms with Crippen LogP contribution in [0.1, 0.15) is 90.7 Å². The third-order valence-corrected chi connectivity index (χ3v) is 9.30. The lowest BCUT2D eigenvalue weighted by atomic mass is 9.77. The molecular formula is C32H46N4O7. The van der Waals surface area contributed by atoms with Crippen LogP contribution in [0.15, 0.2) is 24.3 Å². The van der Waals surface area contributed by atoms with Gasteiger partial charge in [-0.05, 0) is 46.1 Å². The highest BCUT2D eigenvalue weighted by atomic mass is 16.6. The first-order valence-electron chi connectivity index (χ1n) is 15.7. The van der Waals surface area contributed by atoms with Gasteiger partial charge in [-0.15, -0.1) is 0 Å². The van der Waals surface area contributed by atoms with E-state index < -0.39 is 42.0 Å². The number of rotatable bonds is 6. The molecule has 5 atom stereocenters. The summed E-state index contributed by atoms with van der Waals surface area (Å²) in [7, 11) is 1.52. The van der Waals surface area contributed by atoms with E-state index in [0.717, 1.165) is 37.0 Å². The van der Waals surface area contributed by atoms with Gasteiger partial charge in [0.2, 0.25) is 17.7 Å². The van der Waals surface area contributed by atoms with Crippen molar-refractivity contribution in [2.24, 2.45) is 5.41 Å². The summed E-state index contributed by atoms with van der Waals surface area (Å²) in [5.74, 6) is -0.187. The molecule has 3 heterocycles. The van der Waals surface area contributed by atoms with Crippen molar-refractivity contribution in [3.63, 3.8) is 0 Å². The lowest BCUT2D eigenvalue weighted by Crippen LogP contribution is -2.59. The number of benzene rings is 1. The fourth-order valence-corrected chi connectivity index (χ4v) is 7.25. The molecule has 2 N–H and O–H groups in total. The summed E-state index contributed by atoms with van der Waals surface area (Å²) in [4.78, 5) is 57.5. The third-order valence-electron chi connectivity index (χ3n) is 9.30. The van der Waals surface area contributed by atoms with Crippen LogP contribution in [0.2, 0.25) is 0 Å². The van der Waals surface area contributed by atoms with Gasteiger partial charge in [0.15, 0.2) is 0 Å². The number of hydrogen-bond donors (Lipinski definition) is 2. The SMILES string of the molecule is CC[C@@H](C(=O)N[C@H]1CCO[C@H]2CC3(CCCC3)[C@@H](C(=O)NC3CCOc4ccccc43)N2C1=O)N(C)C(=O)OC(C)(C)C. The number of para-hydroxylation sites is 1. The smallest absolute Gasteiger partial charge is 0.410 e. The van der Waals surface area contributed by atoms with Gasteiger partial charge in [0.25, 0.3) is 0 Å². The van der Waals surface area contributed by atoms with Gasteiger partial charge in [-0.25, -0.2) is 4.79 Å². The van der Waals surface area contributed by atoms with E-state index in [1.165, 1.54) is 11.9 Å². The number of carbonyl (C=O) groups is 4. The van der Waals surface area contributed by atoms with E-state index in [0.29, 0.717) is 25.9 Å². The molecular weight excluding hydrogens is 552 g/mol. The Hall–Kier alpha value is -3.34. The summed E-state index contributed by atoms with van der Waals surface area (Å²) in [6.45, 7) is 7.87. The molecule has 1 aliphatic carbocycles. The average molecular weight is 599 g/mol. The maximum atomic E-state index is 14.2. The van der Waals surface area contributed by atoms with Crippen LogP contribution in [0.25, 0.3) is 0 Å². The highest BCUT2D eigenvalue weighted by Crippen LogP contribution is 2.53. The van der Waals surface area contributed by atoms with Gasteiger partial charge in [-0.1, -0.05) is 38.0 Å². The summed E-state index contributed by atoms with van der Waals surface area (Å²) < 4.78 is 17.5. The number of nitrogens with one attached hydrogen (secondary N) is 2. The molecule has 2 saturated heterocycles. The quantitative estimate of drug-likeness (QED) is 0.512. The Balaban J connectivity index is 1.36. The summed E-state index contributed by atoms with van der Waals surface area (Å²) in [5, 5.41) is 6.15. The second-order valence-electron chi connectivity index (χ2n) is 13.3. The molecule has 43 heavy (non-hydrogen) atoms. The molecule has 1 aromatic rings. The molecule has 11 heteroatoms. The van der Waals surface area contributed by atoms with E-state index in [1.54, 1.807) is 32.6 Å². The van der Waals surface area contributed by atoms with Crippen molar-refractivity contribution < 1.29 is 33.4 Å². The van der Waals surface area contributed by atoms with E-state index in [-0.39, 0.29) is 36.3 Å². The molecule has 11 nitrogen and oxygen atoms in total. The van der Waals surface area contributed by atoms with Crippen LogP contribution in [0.5, 0.6) is 5.75 Å². The second-order valence-corrected chi connectivity index (χ2v) is 13.3. The number of carbonyl (C=O) groups excluding carboxylic acids is 4. The first kappa shape index (κ1) is 31.1. The minimum atomic E-state index is -0.880. The van der Waals surface area contributed by atoms with Gasteiger partial charge in [0.05, 0.1) is 19.3 Å². The van der Waals surface area contributed by atoms with Gasteiger partial charge < -0.3 is 29.7 Å². The van der Waals surface area contributed by atoms with Crippen LogP contribution in [0, 0.1) is 5.41 Å². The van der Waals surface area contributed by atoms with E-state index in [1.807, 2.05) is 24.3 Å². The molecule has 3 fully saturated rings. The summed E-state index contributed by atoms with van der Waals surface area (Å²) in [5.41, 5.74) is -0.151. The largest absolute Gasteiger partial charge is 0.493 e. The monoisotopic (exact) mass is 598 g/mol. The number of amides is 4. The zero-order chi connectivity index (χ0) is 30.9. The van der Waals surface area contributed by atoms with Crippen LogP contribution < -0.4 is 15.4 Å². The standard InChI is InChI=1S/C32H46N4O7/c1-6-23(35(5)30(40)43-31(2,3)4)27(37)34-22-14-18-42-25-19-32(15-9-10-16-32)26(36(25)29(22)39)28(38)33-21-13-17-41-24-12-8-7-11-20(21)24/h7-8,11-12,21-23,25-26H,6,9-10,13-19H2,1-5H3,(H,33,38)(H,34,37)/t21?,22-,23-,25-,26+/m0/s1. The molecule has 236 valence electrons. The zero-order valence-electron chi connectivity index (χ0n) is 26.0. The molecule has 1 saturated carbocycles. The minimum absolute atomic E-state index is 0.189. The Bertz CT molecular complexity index is 1220. The number of hydrogen-bond acceptors (Lipinski definition) is 7. The molecule has 1 aromatic carbocycles. The lowest BCUT2D eigenvalue weighted by Gasteiger charge is -2.37. The minimum Gasteiger partial charge on any atom is -0.493 e. The van der Waals surface area contributed by atoms with Crippen molar-refractivity contribution in [3.05, 3.63) is 29.8 Å². The topological polar surface area (TPSA) is 127 Å². The molecule has 0 radical (unpaired) electrons. The molecule has 4 amide bonds. The lowest BCUT2D eigenvalue weighted by molar-refractivity contribution is -0.150. The van der Waals surface area contributed by atoms with Crippen LogP contribution in [0.4, 0.5) is 4.79 Å². The maximum Gasteiger partial charge on any atom is 0.410 e. The Morgan fingerprint density at radius 1 is 1.09 bits per heavy atom. The summed E-state index contributed by atoms with van der Waals surface area (Å²) >= 11 is 0. The molecule has 0 bridgehead atoms. The third kappa shape index (κ3) is 6.32. The van der Waals surface area contributed by atoms with E-state index >= 15 is 0 Å². The fraction of sp³-hybridized carbons (Fsp3) is 0.688. The highest BCUT2D eigenvalue weighted by Gasteiger charge is 2.60. The molecule has 0 aromatic heterocycles. The van der Waals surface area contributed by atoms with Crippen LogP contribution >= 0.6 is 0 Å². The van der Waals surface area contributed by atoms with Crippen molar-refractivity contribution in [2.45, 2.75) is 115 Å². The summed E-state index contributed by atoms with van der Waals surface area (Å²) in [6, 6.07) is 5.08. The molecule has 1 spiro atoms. The second kappa shape index (κ2) is 12.3. The average Bonchev–Trinajstić information content (AvgIpc) is 3.52. The van der Waals surface area contributed by atoms with E-state index in [2.05, 4.69) is 10.6 Å². The van der Waals surface area contributed by atoms with Gasteiger partial charge in [0, 0.05) is 37.3 Å². The number of nitrogens with zero attached hydrogens (tertiary/aromatic N) is 2. The first-order chi connectivity index (χ1) is 20.4. The van der Waals surface area contributed by atoms with Crippen molar-refractivity contribution >= 4 is 23.8 Å². The predicted molar refractivity (Wildman–Crippen MR) is 158 cm³/mol. The van der Waals surface area contributed by atoms with Crippen LogP contribution in [-0.2, 0) is 23.9 Å². The van der Waals surface area contributed by atoms with Crippen molar-refractivity contribution in [1.29, 1.82) is 0 Å². The van der Waals surface area contributed by atoms with Gasteiger partial charge >= 0.3 is 6.09 Å². The van der Waals surface area contributed by atoms with Gasteiger partial charge in [0.1, 0.15) is 35.7 Å². The number of ether oxygens (including phenoxy) is 3. The van der Waals surface area contributed by atoms with Crippen LogP contribution in [-0.4, -0.2) is 83.8 Å². The van der Waals surface area contributed by atoms with Gasteiger partial charge in [-0.3, -0.25) is 19.3 Å².